The van der Waals surface area contributed by atoms with Crippen molar-refractivity contribution >= 4 is 16.7 Å². The molecule has 27 heavy (non-hydrogen) atoms. The van der Waals surface area contributed by atoms with Crippen LogP contribution >= 0.6 is 0 Å². The number of rotatable bonds is 5. The highest BCUT2D eigenvalue weighted by Gasteiger charge is 2.25. The van der Waals surface area contributed by atoms with E-state index < -0.39 is 0 Å². The molecule has 0 aliphatic heterocycles. The maximum Gasteiger partial charge on any atom is 0.230 e. The molecule has 0 radical (unpaired) electrons. The van der Waals surface area contributed by atoms with E-state index in [0.29, 0.717) is 6.54 Å². The average Bonchev–Trinajstić information content (AvgIpc) is 3.05. The van der Waals surface area contributed by atoms with Crippen molar-refractivity contribution in [3.8, 4) is 11.3 Å². The van der Waals surface area contributed by atoms with E-state index in [1.165, 1.54) is 5.56 Å². The topological polar surface area (TPSA) is 25.9 Å². The van der Waals surface area contributed by atoms with Crippen LogP contribution in [-0.4, -0.2) is 10.4 Å². The van der Waals surface area contributed by atoms with Crippen LogP contribution in [0.3, 0.4) is 0 Å². The summed E-state index contributed by atoms with van der Waals surface area (Å²) < 4.78 is 4.19. The molecule has 0 bridgehead atoms. The van der Waals surface area contributed by atoms with E-state index in [-0.39, 0.29) is 5.78 Å². The fourth-order valence-corrected chi connectivity index (χ4v) is 3.69. The van der Waals surface area contributed by atoms with E-state index in [1.807, 2.05) is 59.4 Å². The minimum Gasteiger partial charge on any atom is -0.340 e. The third-order valence-electron chi connectivity index (χ3n) is 5.00. The molecule has 2 aromatic heterocycles. The quantitative estimate of drug-likeness (QED) is 0.373. The minimum atomic E-state index is 0.131. The summed E-state index contributed by atoms with van der Waals surface area (Å²) in [5.74, 6) is 0.131. The molecule has 0 unspecified atom stereocenters. The first-order valence-corrected chi connectivity index (χ1v) is 9.34. The van der Waals surface area contributed by atoms with Gasteiger partial charge in [-0.05, 0) is 31.0 Å². The van der Waals surface area contributed by atoms with Gasteiger partial charge in [0.15, 0.2) is 12.4 Å². The second kappa shape index (κ2) is 7.20. The highest BCUT2D eigenvalue weighted by atomic mass is 16.1. The van der Waals surface area contributed by atoms with Crippen LogP contribution in [0.4, 0.5) is 0 Å². The van der Waals surface area contributed by atoms with Gasteiger partial charge >= 0.3 is 0 Å². The lowest BCUT2D eigenvalue weighted by atomic mass is 10.0. The van der Waals surface area contributed by atoms with Gasteiger partial charge in [-0.3, -0.25) is 4.79 Å². The second-order valence-corrected chi connectivity index (χ2v) is 6.82. The van der Waals surface area contributed by atoms with E-state index in [4.69, 9.17) is 0 Å². The molecule has 2 aromatic carbocycles. The number of fused-ring (bicyclic) bond motifs is 1. The molecule has 0 N–H and O–H groups in total. The van der Waals surface area contributed by atoms with Gasteiger partial charge in [-0.1, -0.05) is 48.5 Å². The first-order valence-electron chi connectivity index (χ1n) is 9.34. The molecule has 2 heterocycles. The Morgan fingerprint density at radius 2 is 1.59 bits per heavy atom. The van der Waals surface area contributed by atoms with Crippen molar-refractivity contribution in [1.82, 2.24) is 4.57 Å². The highest BCUT2D eigenvalue weighted by Crippen LogP contribution is 2.34. The lowest BCUT2D eigenvalue weighted by Gasteiger charge is -2.10. The predicted octanol–water partition coefficient (Wildman–Crippen LogP) is 4.81. The van der Waals surface area contributed by atoms with E-state index in [1.54, 1.807) is 0 Å². The van der Waals surface area contributed by atoms with Crippen molar-refractivity contribution in [1.29, 1.82) is 0 Å². The normalized spacial score (nSPS) is 11.0. The Bertz CT molecular complexity index is 1090. The summed E-state index contributed by atoms with van der Waals surface area (Å²) in [6.07, 6.45) is 3.93. The largest absolute Gasteiger partial charge is 0.340 e. The Hall–Kier alpha value is -3.20. The summed E-state index contributed by atoms with van der Waals surface area (Å²) in [5, 5.41) is 1.02. The zero-order valence-corrected chi connectivity index (χ0v) is 15.7. The number of Topliss-reactive ketones (excluding diaryl/α,β-unsaturated/α-hetero) is 1. The molecule has 0 aliphatic rings. The van der Waals surface area contributed by atoms with E-state index in [0.717, 1.165) is 34.3 Å². The number of hydrogen-bond acceptors (Lipinski definition) is 1. The van der Waals surface area contributed by atoms with Crippen LogP contribution in [-0.2, 0) is 13.1 Å². The van der Waals surface area contributed by atoms with Gasteiger partial charge in [0, 0.05) is 29.6 Å². The summed E-state index contributed by atoms with van der Waals surface area (Å²) >= 11 is 0. The summed E-state index contributed by atoms with van der Waals surface area (Å²) in [6, 6.07) is 22.5. The maximum atomic E-state index is 13.4. The van der Waals surface area contributed by atoms with Gasteiger partial charge in [-0.25, -0.2) is 0 Å². The Labute approximate surface area is 159 Å². The fraction of sp³-hybridized carbons (Fsp3) is 0.167. The number of para-hydroxylation sites is 1. The number of nitrogens with zero attached hydrogens (tertiary/aromatic N) is 2. The molecule has 0 saturated heterocycles. The molecule has 0 spiro atoms. The van der Waals surface area contributed by atoms with Gasteiger partial charge in [0.2, 0.25) is 12.3 Å². The number of carbonyl (C=O) groups is 1. The average molecular weight is 355 g/mol. The number of pyridine rings is 1. The molecule has 0 atom stereocenters. The van der Waals surface area contributed by atoms with Gasteiger partial charge in [0.1, 0.15) is 0 Å². The van der Waals surface area contributed by atoms with Crippen molar-refractivity contribution in [3.63, 3.8) is 0 Å². The molecular weight excluding hydrogens is 332 g/mol. The van der Waals surface area contributed by atoms with Crippen LogP contribution in [0.5, 0.6) is 0 Å². The monoisotopic (exact) mass is 355 g/mol. The Kier molecular flexibility index (Phi) is 4.59. The summed E-state index contributed by atoms with van der Waals surface area (Å²) in [7, 11) is 0. The summed E-state index contributed by atoms with van der Waals surface area (Å²) in [5.41, 5.74) is 5.19. The number of aromatic nitrogens is 2. The zero-order chi connectivity index (χ0) is 18.8. The highest BCUT2D eigenvalue weighted by molar-refractivity contribution is 6.13. The summed E-state index contributed by atoms with van der Waals surface area (Å²) in [4.78, 5) is 13.4. The van der Waals surface area contributed by atoms with Crippen LogP contribution in [0.2, 0.25) is 0 Å². The van der Waals surface area contributed by atoms with Gasteiger partial charge in [-0.2, -0.15) is 4.57 Å². The third kappa shape index (κ3) is 3.17. The van der Waals surface area contributed by atoms with E-state index >= 15 is 0 Å². The van der Waals surface area contributed by atoms with Crippen molar-refractivity contribution in [3.05, 3.63) is 90.3 Å². The van der Waals surface area contributed by atoms with Crippen molar-refractivity contribution in [2.45, 2.75) is 26.9 Å². The second-order valence-electron chi connectivity index (χ2n) is 6.82. The van der Waals surface area contributed by atoms with Crippen LogP contribution in [0, 0.1) is 6.92 Å². The predicted molar refractivity (Wildman–Crippen MR) is 109 cm³/mol. The smallest absolute Gasteiger partial charge is 0.230 e. The lowest BCUT2D eigenvalue weighted by molar-refractivity contribution is -0.683. The van der Waals surface area contributed by atoms with E-state index in [2.05, 4.69) is 42.7 Å². The van der Waals surface area contributed by atoms with Crippen LogP contribution in [0.25, 0.3) is 22.2 Å². The molecule has 134 valence electrons. The minimum absolute atomic E-state index is 0.131. The van der Waals surface area contributed by atoms with Crippen molar-refractivity contribution in [2.24, 2.45) is 0 Å². The van der Waals surface area contributed by atoms with E-state index in [9.17, 15) is 4.79 Å². The number of aryl methyl sites for hydroxylation is 2. The Balaban J connectivity index is 1.90. The molecule has 4 aromatic rings. The molecule has 0 aliphatic carbocycles. The Morgan fingerprint density at radius 3 is 2.30 bits per heavy atom. The van der Waals surface area contributed by atoms with Crippen molar-refractivity contribution < 1.29 is 9.36 Å². The molecule has 0 amide bonds. The molecule has 3 nitrogen and oxygen atoms in total. The summed E-state index contributed by atoms with van der Waals surface area (Å²) in [6.45, 7) is 5.32. The molecule has 0 saturated carbocycles. The molecular formula is C24H23N2O+. The van der Waals surface area contributed by atoms with Gasteiger partial charge in [-0.15, -0.1) is 0 Å². The molecule has 4 rings (SSSR count). The first-order chi connectivity index (χ1) is 13.2. The third-order valence-corrected chi connectivity index (χ3v) is 5.00. The maximum absolute atomic E-state index is 13.4. The van der Waals surface area contributed by atoms with Gasteiger partial charge in [0.25, 0.3) is 0 Å². The molecule has 3 heteroatoms. The fourth-order valence-electron chi connectivity index (χ4n) is 3.69. The number of ketones is 1. The lowest BCUT2D eigenvalue weighted by Crippen LogP contribution is -2.37. The van der Waals surface area contributed by atoms with Crippen LogP contribution < -0.4 is 4.57 Å². The first kappa shape index (κ1) is 17.2. The SMILES string of the molecule is CCn1c(-c2ccccc2)c(C(=O)C[n+]2ccc(C)cc2)c2ccccc21. The zero-order valence-electron chi connectivity index (χ0n) is 15.7. The van der Waals surface area contributed by atoms with Crippen LogP contribution in [0.1, 0.15) is 22.8 Å². The van der Waals surface area contributed by atoms with Crippen LogP contribution in [0.15, 0.2) is 79.1 Å². The Morgan fingerprint density at radius 1 is 0.926 bits per heavy atom. The van der Waals surface area contributed by atoms with Gasteiger partial charge in [0.05, 0.1) is 11.3 Å². The van der Waals surface area contributed by atoms with Gasteiger partial charge < -0.3 is 4.57 Å². The number of hydrogen-bond donors (Lipinski definition) is 0. The van der Waals surface area contributed by atoms with Crippen molar-refractivity contribution in [2.75, 3.05) is 0 Å². The number of benzene rings is 2. The molecule has 0 fully saturated rings. The number of carbonyl (C=O) groups excluding carboxylic acids is 1. The standard InChI is InChI=1S/C24H23N2O/c1-3-26-21-12-8-7-11-20(21)23(24(26)19-9-5-4-6-10-19)22(27)17-25-15-13-18(2)14-16-25/h4-16H,3,17H2,1-2H3/q+1.